The van der Waals surface area contributed by atoms with Gasteiger partial charge in [0.2, 0.25) is 5.91 Å². The van der Waals surface area contributed by atoms with Crippen molar-refractivity contribution in [2.45, 2.75) is 24.4 Å². The van der Waals surface area contributed by atoms with Crippen LogP contribution in [0.1, 0.15) is 16.8 Å². The average molecular weight is 500 g/mol. The largest absolute Gasteiger partial charge is 0.416 e. The Morgan fingerprint density at radius 1 is 1.00 bits per heavy atom. The van der Waals surface area contributed by atoms with Gasteiger partial charge in [0, 0.05) is 42.9 Å². The van der Waals surface area contributed by atoms with Gasteiger partial charge in [-0.2, -0.15) is 26.3 Å². The summed E-state index contributed by atoms with van der Waals surface area (Å²) in [5.41, 5.74) is -4.72. The molecule has 1 aliphatic rings. The number of hydrogen-bond donors (Lipinski definition) is 0. The number of carbonyl (C=O) groups is 1. The van der Waals surface area contributed by atoms with Crippen molar-refractivity contribution in [3.8, 4) is 11.4 Å². The van der Waals surface area contributed by atoms with Gasteiger partial charge in [-0.05, 0) is 18.2 Å². The van der Waals surface area contributed by atoms with Crippen molar-refractivity contribution in [1.82, 2.24) is 29.6 Å². The number of aromatic nitrogens is 5. The quantitative estimate of drug-likeness (QED) is 0.391. The number of carbonyl (C=O) groups excluding carboxylic acids is 1. The standard InChI is InChI=1S/C21H15F7N6O/c22-19(8-16-9-29-2-3-30-16)10-33(11-19)17(35)1-4-34-12-31-18(32-34)13-5-14(20(23,24)25)7-15(6-13)21(26,27)28/h1-7,9,12H,8,10-11H2. The molecule has 4 rings (SSSR count). The van der Waals surface area contributed by atoms with E-state index in [0.717, 1.165) is 23.3 Å². The van der Waals surface area contributed by atoms with E-state index in [9.17, 15) is 35.5 Å². The average Bonchev–Trinajstić information content (AvgIpc) is 3.24. The number of benzene rings is 1. The third-order valence-electron chi connectivity index (χ3n) is 5.10. The lowest BCUT2D eigenvalue weighted by Gasteiger charge is -2.43. The smallest absolute Gasteiger partial charge is 0.333 e. The molecule has 2 aromatic heterocycles. The zero-order chi connectivity index (χ0) is 25.4. The molecule has 1 fully saturated rings. The number of nitrogens with zero attached hydrogens (tertiary/aromatic N) is 6. The van der Waals surface area contributed by atoms with Crippen molar-refractivity contribution in [2.24, 2.45) is 0 Å². The Hall–Kier alpha value is -3.84. The maximum absolute atomic E-state index is 14.7. The lowest BCUT2D eigenvalue weighted by Crippen LogP contribution is -2.61. The number of amides is 1. The van der Waals surface area contributed by atoms with E-state index in [1.807, 2.05) is 0 Å². The van der Waals surface area contributed by atoms with Gasteiger partial charge in [0.25, 0.3) is 0 Å². The number of likely N-dealkylation sites (tertiary alicyclic amines) is 1. The summed E-state index contributed by atoms with van der Waals surface area (Å²) < 4.78 is 94.0. The molecule has 0 saturated carbocycles. The fourth-order valence-corrected chi connectivity index (χ4v) is 3.46. The summed E-state index contributed by atoms with van der Waals surface area (Å²) >= 11 is 0. The molecule has 0 unspecified atom stereocenters. The third-order valence-corrected chi connectivity index (χ3v) is 5.10. The summed E-state index contributed by atoms with van der Waals surface area (Å²) in [5, 5.41) is 3.81. The van der Waals surface area contributed by atoms with Gasteiger partial charge in [0.05, 0.1) is 29.9 Å². The van der Waals surface area contributed by atoms with Crippen LogP contribution < -0.4 is 0 Å². The molecular weight excluding hydrogens is 485 g/mol. The van der Waals surface area contributed by atoms with Crippen LogP contribution in [-0.4, -0.2) is 54.3 Å². The Bertz CT molecular complexity index is 1210. The molecule has 14 heteroatoms. The second-order valence-corrected chi connectivity index (χ2v) is 7.88. The van der Waals surface area contributed by atoms with E-state index in [4.69, 9.17) is 0 Å². The second-order valence-electron chi connectivity index (χ2n) is 7.88. The van der Waals surface area contributed by atoms with Gasteiger partial charge in [-0.25, -0.2) is 14.1 Å². The first-order valence-electron chi connectivity index (χ1n) is 9.94. The summed E-state index contributed by atoms with van der Waals surface area (Å²) in [6.07, 6.45) is -2.58. The van der Waals surface area contributed by atoms with E-state index in [1.54, 1.807) is 0 Å². The Labute approximate surface area is 192 Å². The first-order valence-corrected chi connectivity index (χ1v) is 9.94. The molecule has 1 aromatic carbocycles. The van der Waals surface area contributed by atoms with Gasteiger partial charge in [0.1, 0.15) is 6.33 Å². The van der Waals surface area contributed by atoms with Crippen LogP contribution in [0.25, 0.3) is 17.6 Å². The van der Waals surface area contributed by atoms with Gasteiger partial charge in [-0.3, -0.25) is 14.8 Å². The SMILES string of the molecule is O=C(C=Cn1cnc(-c2cc(C(F)(F)F)cc(C(F)(F)F)c2)n1)N1CC(F)(Cc2cnccn2)C1. The monoisotopic (exact) mass is 500 g/mol. The highest BCUT2D eigenvalue weighted by atomic mass is 19.4. The molecule has 7 nitrogen and oxygen atoms in total. The van der Waals surface area contributed by atoms with Crippen LogP contribution in [0.4, 0.5) is 30.7 Å². The van der Waals surface area contributed by atoms with Crippen LogP contribution in [-0.2, 0) is 23.6 Å². The fourth-order valence-electron chi connectivity index (χ4n) is 3.46. The van der Waals surface area contributed by atoms with Crippen molar-refractivity contribution >= 4 is 12.1 Å². The van der Waals surface area contributed by atoms with Gasteiger partial charge >= 0.3 is 12.4 Å². The normalized spacial score (nSPS) is 15.9. The van der Waals surface area contributed by atoms with Crippen LogP contribution in [0.2, 0.25) is 0 Å². The second kappa shape index (κ2) is 8.74. The first-order chi connectivity index (χ1) is 16.3. The zero-order valence-electron chi connectivity index (χ0n) is 17.6. The molecule has 1 aliphatic heterocycles. The predicted molar refractivity (Wildman–Crippen MR) is 107 cm³/mol. The summed E-state index contributed by atoms with van der Waals surface area (Å²) in [5.74, 6) is -0.970. The molecule has 3 aromatic rings. The van der Waals surface area contributed by atoms with E-state index in [-0.39, 0.29) is 25.6 Å². The van der Waals surface area contributed by atoms with Gasteiger partial charge < -0.3 is 4.90 Å². The molecule has 35 heavy (non-hydrogen) atoms. The van der Waals surface area contributed by atoms with Crippen molar-refractivity contribution in [1.29, 1.82) is 0 Å². The number of rotatable bonds is 5. The van der Waals surface area contributed by atoms with E-state index in [1.165, 1.54) is 23.5 Å². The minimum atomic E-state index is -5.01. The summed E-state index contributed by atoms with van der Waals surface area (Å²) in [4.78, 5) is 25.0. The van der Waals surface area contributed by atoms with E-state index < -0.39 is 46.4 Å². The van der Waals surface area contributed by atoms with E-state index >= 15 is 0 Å². The van der Waals surface area contributed by atoms with Crippen LogP contribution >= 0.6 is 0 Å². The molecule has 3 heterocycles. The number of hydrogen-bond acceptors (Lipinski definition) is 5. The summed E-state index contributed by atoms with van der Waals surface area (Å²) in [7, 11) is 0. The molecule has 0 N–H and O–H groups in total. The molecule has 184 valence electrons. The molecule has 1 saturated heterocycles. The lowest BCUT2D eigenvalue weighted by molar-refractivity contribution is -0.143. The molecular formula is C21H15F7N6O. The van der Waals surface area contributed by atoms with Crippen molar-refractivity contribution < 1.29 is 35.5 Å². The molecule has 1 amide bonds. The highest BCUT2D eigenvalue weighted by Crippen LogP contribution is 2.38. The van der Waals surface area contributed by atoms with Crippen LogP contribution in [0.3, 0.4) is 0 Å². The van der Waals surface area contributed by atoms with Crippen LogP contribution in [0.5, 0.6) is 0 Å². The lowest BCUT2D eigenvalue weighted by atomic mass is 9.91. The Balaban J connectivity index is 1.44. The zero-order valence-corrected chi connectivity index (χ0v) is 17.6. The highest BCUT2D eigenvalue weighted by Gasteiger charge is 2.45. The Morgan fingerprint density at radius 3 is 2.23 bits per heavy atom. The van der Waals surface area contributed by atoms with Crippen LogP contribution in [0, 0.1) is 0 Å². The van der Waals surface area contributed by atoms with Crippen molar-refractivity contribution in [3.63, 3.8) is 0 Å². The molecule has 0 aliphatic carbocycles. The van der Waals surface area contributed by atoms with Gasteiger partial charge in [-0.15, -0.1) is 5.10 Å². The minimum Gasteiger partial charge on any atom is -0.333 e. The summed E-state index contributed by atoms with van der Waals surface area (Å²) in [6, 6.07) is 1.00. The van der Waals surface area contributed by atoms with Gasteiger partial charge in [-0.1, -0.05) is 0 Å². The molecule has 0 radical (unpaired) electrons. The topological polar surface area (TPSA) is 76.8 Å². The third kappa shape index (κ3) is 5.63. The highest BCUT2D eigenvalue weighted by molar-refractivity contribution is 5.91. The number of alkyl halides is 7. The molecule has 0 bridgehead atoms. The van der Waals surface area contributed by atoms with E-state index in [2.05, 4.69) is 20.1 Å². The number of halogens is 7. The van der Waals surface area contributed by atoms with Crippen molar-refractivity contribution in [2.75, 3.05) is 13.1 Å². The van der Waals surface area contributed by atoms with Crippen molar-refractivity contribution in [3.05, 3.63) is 66.0 Å². The molecule has 0 spiro atoms. The Kier molecular flexibility index (Phi) is 6.07. The minimum absolute atomic E-state index is 0.00139. The van der Waals surface area contributed by atoms with E-state index in [0.29, 0.717) is 17.8 Å². The Morgan fingerprint density at radius 2 is 1.66 bits per heavy atom. The molecule has 0 atom stereocenters. The van der Waals surface area contributed by atoms with Gasteiger partial charge in [0.15, 0.2) is 11.5 Å². The predicted octanol–water partition coefficient (Wildman–Crippen LogP) is 4.04. The maximum atomic E-state index is 14.7. The fraction of sp³-hybridized carbons (Fsp3) is 0.286. The summed E-state index contributed by atoms with van der Waals surface area (Å²) in [6.45, 7) is -0.361. The maximum Gasteiger partial charge on any atom is 0.416 e. The van der Waals surface area contributed by atoms with Crippen LogP contribution in [0.15, 0.2) is 49.2 Å². The first kappa shape index (κ1) is 24.3.